The molecule has 1 amide bonds. The predicted molar refractivity (Wildman–Crippen MR) is 105 cm³/mol. The summed E-state index contributed by atoms with van der Waals surface area (Å²) in [5.41, 5.74) is 0.916. The van der Waals surface area contributed by atoms with Gasteiger partial charge in [-0.15, -0.1) is 0 Å². The number of para-hydroxylation sites is 1. The molecule has 0 atom stereocenters. The lowest BCUT2D eigenvalue weighted by Gasteiger charge is -2.18. The van der Waals surface area contributed by atoms with Gasteiger partial charge in [-0.2, -0.15) is 0 Å². The molecule has 0 saturated carbocycles. The van der Waals surface area contributed by atoms with Crippen molar-refractivity contribution in [2.24, 2.45) is 0 Å². The summed E-state index contributed by atoms with van der Waals surface area (Å²) in [5, 5.41) is 8.46. The molecule has 27 heavy (non-hydrogen) atoms. The zero-order valence-electron chi connectivity index (χ0n) is 15.0. The Hall–Kier alpha value is -3.61. The number of amides is 1. The Balaban J connectivity index is 1.87. The SMILES string of the molecule is CNC(=O)c1cccc(Nc2c(NCc3ccccc3)c(=O)c2=O)c1OC. The van der Waals surface area contributed by atoms with Gasteiger partial charge >= 0.3 is 0 Å². The van der Waals surface area contributed by atoms with Crippen LogP contribution in [0, 0.1) is 0 Å². The van der Waals surface area contributed by atoms with Crippen LogP contribution in [0.25, 0.3) is 0 Å². The molecule has 7 nitrogen and oxygen atoms in total. The van der Waals surface area contributed by atoms with Crippen molar-refractivity contribution < 1.29 is 9.53 Å². The first-order valence-electron chi connectivity index (χ1n) is 8.34. The molecule has 138 valence electrons. The first-order valence-corrected chi connectivity index (χ1v) is 8.34. The minimum absolute atomic E-state index is 0.156. The maximum Gasteiger partial charge on any atom is 0.254 e. The van der Waals surface area contributed by atoms with Crippen LogP contribution in [0.5, 0.6) is 5.75 Å². The summed E-state index contributed by atoms with van der Waals surface area (Å²) in [7, 11) is 2.95. The van der Waals surface area contributed by atoms with Gasteiger partial charge in [0.25, 0.3) is 16.8 Å². The monoisotopic (exact) mass is 365 g/mol. The fraction of sp³-hybridized carbons (Fsp3) is 0.150. The van der Waals surface area contributed by atoms with Crippen LogP contribution >= 0.6 is 0 Å². The molecule has 0 aromatic heterocycles. The Labute approximate surface area is 155 Å². The number of rotatable bonds is 7. The molecule has 0 saturated heterocycles. The van der Waals surface area contributed by atoms with Gasteiger partial charge in [-0.1, -0.05) is 36.4 Å². The van der Waals surface area contributed by atoms with Crippen LogP contribution in [0.1, 0.15) is 15.9 Å². The van der Waals surface area contributed by atoms with Crippen LogP contribution in [0.3, 0.4) is 0 Å². The predicted octanol–water partition coefficient (Wildman–Crippen LogP) is 2.01. The summed E-state index contributed by atoms with van der Waals surface area (Å²) in [6, 6.07) is 14.5. The molecule has 0 fully saturated rings. The number of hydrogen-bond acceptors (Lipinski definition) is 6. The number of hydrogen-bond donors (Lipinski definition) is 3. The summed E-state index contributed by atoms with van der Waals surface area (Å²) in [6.07, 6.45) is 0. The van der Waals surface area contributed by atoms with Gasteiger partial charge in [0.15, 0.2) is 5.75 Å². The molecule has 3 aromatic carbocycles. The third-order valence-electron chi connectivity index (χ3n) is 4.17. The molecule has 3 rings (SSSR count). The van der Waals surface area contributed by atoms with E-state index in [9.17, 15) is 14.4 Å². The molecule has 3 N–H and O–H groups in total. The highest BCUT2D eigenvalue weighted by Gasteiger charge is 2.23. The average molecular weight is 365 g/mol. The van der Waals surface area contributed by atoms with E-state index in [1.807, 2.05) is 30.3 Å². The highest BCUT2D eigenvalue weighted by atomic mass is 16.5. The topological polar surface area (TPSA) is 96.5 Å². The zero-order valence-corrected chi connectivity index (χ0v) is 15.0. The Morgan fingerprint density at radius 1 is 0.963 bits per heavy atom. The number of nitrogens with one attached hydrogen (secondary N) is 3. The maximum absolute atomic E-state index is 12.0. The molecule has 0 spiro atoms. The van der Waals surface area contributed by atoms with Crippen molar-refractivity contribution >= 4 is 23.0 Å². The number of carbonyl (C=O) groups is 1. The Morgan fingerprint density at radius 3 is 2.33 bits per heavy atom. The van der Waals surface area contributed by atoms with Gasteiger partial charge in [0, 0.05) is 13.6 Å². The van der Waals surface area contributed by atoms with Crippen LogP contribution in [-0.2, 0) is 6.54 Å². The molecular weight excluding hydrogens is 346 g/mol. The van der Waals surface area contributed by atoms with Crippen LogP contribution < -0.4 is 31.5 Å². The first-order chi connectivity index (χ1) is 13.1. The third kappa shape index (κ3) is 3.52. The fourth-order valence-electron chi connectivity index (χ4n) is 2.77. The summed E-state index contributed by atoms with van der Waals surface area (Å²) in [6.45, 7) is 0.412. The molecule has 0 aliphatic heterocycles. The van der Waals surface area contributed by atoms with Gasteiger partial charge in [-0.25, -0.2) is 0 Å². The second-order valence-corrected chi connectivity index (χ2v) is 5.84. The Bertz CT molecular complexity index is 1040. The number of anilines is 3. The molecule has 3 aromatic rings. The summed E-state index contributed by atoms with van der Waals surface area (Å²) in [5.74, 6) is -0.0261. The zero-order chi connectivity index (χ0) is 19.4. The number of carbonyl (C=O) groups excluding carboxylic acids is 1. The minimum Gasteiger partial charge on any atom is -0.494 e. The molecule has 0 unspecified atom stereocenters. The van der Waals surface area contributed by atoms with E-state index in [0.29, 0.717) is 23.5 Å². The van der Waals surface area contributed by atoms with Crippen molar-refractivity contribution in [3.8, 4) is 5.75 Å². The van der Waals surface area contributed by atoms with Gasteiger partial charge in [-0.3, -0.25) is 14.4 Å². The molecule has 7 heteroatoms. The smallest absolute Gasteiger partial charge is 0.254 e. The van der Waals surface area contributed by atoms with Crippen LogP contribution in [0.4, 0.5) is 17.1 Å². The number of benzene rings is 2. The summed E-state index contributed by atoms with van der Waals surface area (Å²) < 4.78 is 5.33. The highest BCUT2D eigenvalue weighted by molar-refractivity contribution is 5.99. The first kappa shape index (κ1) is 18.2. The van der Waals surface area contributed by atoms with Crippen molar-refractivity contribution in [1.82, 2.24) is 5.32 Å². The number of ether oxygens (including phenoxy) is 1. The van der Waals surface area contributed by atoms with E-state index in [-0.39, 0.29) is 17.3 Å². The second-order valence-electron chi connectivity index (χ2n) is 5.84. The van der Waals surface area contributed by atoms with E-state index in [0.717, 1.165) is 5.56 Å². The van der Waals surface area contributed by atoms with Gasteiger partial charge in [0.1, 0.15) is 11.4 Å². The van der Waals surface area contributed by atoms with Gasteiger partial charge in [0.2, 0.25) is 0 Å². The lowest BCUT2D eigenvalue weighted by atomic mass is 10.1. The van der Waals surface area contributed by atoms with Crippen LogP contribution in [0.2, 0.25) is 0 Å². The lowest BCUT2D eigenvalue weighted by molar-refractivity contribution is 0.0960. The van der Waals surface area contributed by atoms with Gasteiger partial charge in [0.05, 0.1) is 18.4 Å². The van der Waals surface area contributed by atoms with E-state index in [2.05, 4.69) is 16.0 Å². The third-order valence-corrected chi connectivity index (χ3v) is 4.17. The van der Waals surface area contributed by atoms with E-state index in [1.165, 1.54) is 14.2 Å². The largest absolute Gasteiger partial charge is 0.494 e. The average Bonchev–Trinajstić information content (AvgIpc) is 2.72. The van der Waals surface area contributed by atoms with Crippen molar-refractivity contribution in [3.05, 3.63) is 80.1 Å². The van der Waals surface area contributed by atoms with Gasteiger partial charge in [-0.05, 0) is 17.7 Å². The van der Waals surface area contributed by atoms with Gasteiger partial charge < -0.3 is 20.7 Å². The standard InChI is InChI=1S/C20H19N3O4/c1-21-20(26)13-9-6-10-14(19(13)27-2)23-16-15(17(24)18(16)25)22-11-12-7-4-3-5-8-12/h3-10,22-23H,11H2,1-2H3,(H,21,26). The molecule has 0 heterocycles. The quantitative estimate of drug-likeness (QED) is 0.554. The molecule has 0 bridgehead atoms. The van der Waals surface area contributed by atoms with Crippen molar-refractivity contribution in [2.75, 3.05) is 24.8 Å². The van der Waals surface area contributed by atoms with Crippen molar-refractivity contribution in [1.29, 1.82) is 0 Å². The molecule has 0 radical (unpaired) electrons. The van der Waals surface area contributed by atoms with E-state index in [1.54, 1.807) is 18.2 Å². The van der Waals surface area contributed by atoms with E-state index < -0.39 is 10.9 Å². The fourth-order valence-corrected chi connectivity index (χ4v) is 2.77. The second kappa shape index (κ2) is 7.74. The van der Waals surface area contributed by atoms with Crippen LogP contribution in [-0.4, -0.2) is 20.1 Å². The summed E-state index contributed by atoms with van der Waals surface area (Å²) >= 11 is 0. The van der Waals surface area contributed by atoms with E-state index >= 15 is 0 Å². The Kier molecular flexibility index (Phi) is 5.21. The van der Waals surface area contributed by atoms with E-state index in [4.69, 9.17) is 4.74 Å². The molecule has 0 aliphatic carbocycles. The van der Waals surface area contributed by atoms with Crippen LogP contribution in [0.15, 0.2) is 58.1 Å². The maximum atomic E-state index is 12.0. The highest BCUT2D eigenvalue weighted by Crippen LogP contribution is 2.32. The Morgan fingerprint density at radius 2 is 1.67 bits per heavy atom. The van der Waals surface area contributed by atoms with Crippen molar-refractivity contribution in [2.45, 2.75) is 6.54 Å². The molecule has 0 aliphatic rings. The van der Waals surface area contributed by atoms with Crippen molar-refractivity contribution in [3.63, 3.8) is 0 Å². The molecular formula is C20H19N3O4. The normalized spacial score (nSPS) is 10.4. The number of methoxy groups -OCH3 is 1. The summed E-state index contributed by atoms with van der Waals surface area (Å²) in [4.78, 5) is 36.0. The lowest BCUT2D eigenvalue weighted by Crippen LogP contribution is -2.36. The minimum atomic E-state index is -0.613.